The van der Waals surface area contributed by atoms with Gasteiger partial charge in [-0.2, -0.15) is 0 Å². The summed E-state index contributed by atoms with van der Waals surface area (Å²) in [5, 5.41) is 5.53. The predicted molar refractivity (Wildman–Crippen MR) is 88.9 cm³/mol. The molecule has 0 saturated carbocycles. The van der Waals surface area contributed by atoms with Crippen LogP contribution in [0.2, 0.25) is 0 Å². The van der Waals surface area contributed by atoms with E-state index in [1.54, 1.807) is 19.2 Å². The Bertz CT molecular complexity index is 743. The van der Waals surface area contributed by atoms with Crippen molar-refractivity contribution in [3.8, 4) is 11.5 Å². The van der Waals surface area contributed by atoms with E-state index < -0.39 is 6.10 Å². The van der Waals surface area contributed by atoms with Crippen molar-refractivity contribution in [1.29, 1.82) is 0 Å². The molecule has 0 saturated heterocycles. The predicted octanol–water partition coefficient (Wildman–Crippen LogP) is 2.10. The molecule has 0 fully saturated rings. The van der Waals surface area contributed by atoms with Gasteiger partial charge in [0, 0.05) is 6.54 Å². The molecule has 0 bridgehead atoms. The van der Waals surface area contributed by atoms with Gasteiger partial charge >= 0.3 is 0 Å². The molecule has 3 rings (SSSR count). The number of nitrogens with one attached hydrogen (secondary N) is 2. The highest BCUT2D eigenvalue weighted by molar-refractivity contribution is 5.99. The highest BCUT2D eigenvalue weighted by Crippen LogP contribution is 2.29. The third-order valence-corrected chi connectivity index (χ3v) is 3.73. The molecule has 2 aromatic rings. The fourth-order valence-corrected chi connectivity index (χ4v) is 2.41. The molecule has 0 unspecified atom stereocenters. The Morgan fingerprint density at radius 2 is 1.96 bits per heavy atom. The van der Waals surface area contributed by atoms with Crippen molar-refractivity contribution < 1.29 is 19.1 Å². The van der Waals surface area contributed by atoms with E-state index in [2.05, 4.69) is 10.6 Å². The Balaban J connectivity index is 1.54. The summed E-state index contributed by atoms with van der Waals surface area (Å²) in [5.41, 5.74) is 1.57. The molecule has 24 heavy (non-hydrogen) atoms. The molecule has 1 atom stereocenters. The van der Waals surface area contributed by atoms with E-state index in [0.717, 1.165) is 11.3 Å². The average molecular weight is 326 g/mol. The second-order valence-electron chi connectivity index (χ2n) is 5.42. The number of fused-ring (bicyclic) bond motifs is 1. The van der Waals surface area contributed by atoms with Gasteiger partial charge in [-0.1, -0.05) is 24.3 Å². The number of ether oxygens (including phenoxy) is 2. The lowest BCUT2D eigenvalue weighted by atomic mass is 10.1. The van der Waals surface area contributed by atoms with Gasteiger partial charge in [-0.05, 0) is 29.8 Å². The van der Waals surface area contributed by atoms with E-state index in [1.807, 2.05) is 36.4 Å². The molecule has 0 radical (unpaired) electrons. The van der Waals surface area contributed by atoms with Crippen LogP contribution in [-0.4, -0.2) is 25.0 Å². The van der Waals surface area contributed by atoms with E-state index in [9.17, 15) is 9.59 Å². The van der Waals surface area contributed by atoms with Crippen molar-refractivity contribution in [2.45, 2.75) is 19.1 Å². The molecular weight excluding hydrogens is 308 g/mol. The van der Waals surface area contributed by atoms with E-state index in [4.69, 9.17) is 9.47 Å². The summed E-state index contributed by atoms with van der Waals surface area (Å²) in [6, 6.07) is 14.6. The quantitative estimate of drug-likeness (QED) is 0.882. The molecule has 2 amide bonds. The van der Waals surface area contributed by atoms with Crippen molar-refractivity contribution >= 4 is 17.5 Å². The second kappa shape index (κ2) is 7.04. The molecule has 1 aliphatic rings. The summed E-state index contributed by atoms with van der Waals surface area (Å²) in [5.74, 6) is 0.778. The summed E-state index contributed by atoms with van der Waals surface area (Å²) in [6.45, 7) is 0.383. The first kappa shape index (κ1) is 15.9. The number of carbonyl (C=O) groups is 2. The number of anilines is 1. The van der Waals surface area contributed by atoms with Crippen LogP contribution >= 0.6 is 0 Å². The number of benzene rings is 2. The molecule has 0 aromatic heterocycles. The van der Waals surface area contributed by atoms with E-state index in [0.29, 0.717) is 18.0 Å². The van der Waals surface area contributed by atoms with Gasteiger partial charge in [-0.25, -0.2) is 0 Å². The number of methoxy groups -OCH3 is 1. The van der Waals surface area contributed by atoms with Crippen LogP contribution < -0.4 is 20.1 Å². The molecule has 124 valence electrons. The zero-order valence-corrected chi connectivity index (χ0v) is 13.2. The van der Waals surface area contributed by atoms with E-state index >= 15 is 0 Å². The van der Waals surface area contributed by atoms with Crippen LogP contribution in [-0.2, 0) is 16.1 Å². The number of amides is 2. The minimum absolute atomic E-state index is 0.0314. The molecule has 6 heteroatoms. The van der Waals surface area contributed by atoms with Gasteiger partial charge in [0.1, 0.15) is 11.5 Å². The molecule has 1 heterocycles. The zero-order chi connectivity index (χ0) is 16.9. The van der Waals surface area contributed by atoms with Crippen LogP contribution in [0.3, 0.4) is 0 Å². The number of rotatable bonds is 5. The van der Waals surface area contributed by atoms with Crippen LogP contribution in [0, 0.1) is 0 Å². The maximum atomic E-state index is 12.1. The van der Waals surface area contributed by atoms with E-state index in [-0.39, 0.29) is 18.2 Å². The van der Waals surface area contributed by atoms with Gasteiger partial charge in [0.2, 0.25) is 5.91 Å². The Kier molecular flexibility index (Phi) is 4.65. The number of hydrogen-bond donors (Lipinski definition) is 2. The smallest absolute Gasteiger partial charge is 0.266 e. The van der Waals surface area contributed by atoms with Gasteiger partial charge < -0.3 is 20.1 Å². The lowest BCUT2D eigenvalue weighted by Crippen LogP contribution is -2.40. The summed E-state index contributed by atoms with van der Waals surface area (Å²) < 4.78 is 10.7. The fraction of sp³-hybridized carbons (Fsp3) is 0.222. The maximum absolute atomic E-state index is 12.1. The van der Waals surface area contributed by atoms with Gasteiger partial charge in [-0.15, -0.1) is 0 Å². The lowest BCUT2D eigenvalue weighted by molar-refractivity contribution is -0.130. The minimum Gasteiger partial charge on any atom is -0.497 e. The Morgan fingerprint density at radius 3 is 2.71 bits per heavy atom. The Morgan fingerprint density at radius 1 is 1.21 bits per heavy atom. The van der Waals surface area contributed by atoms with Gasteiger partial charge in [-0.3, -0.25) is 9.59 Å². The van der Waals surface area contributed by atoms with Crippen LogP contribution in [0.4, 0.5) is 5.69 Å². The normalized spacial score (nSPS) is 15.7. The van der Waals surface area contributed by atoms with Crippen molar-refractivity contribution in [2.75, 3.05) is 12.4 Å². The largest absolute Gasteiger partial charge is 0.497 e. The van der Waals surface area contributed by atoms with Crippen molar-refractivity contribution in [3.63, 3.8) is 0 Å². The zero-order valence-electron chi connectivity index (χ0n) is 13.2. The first-order chi connectivity index (χ1) is 11.7. The van der Waals surface area contributed by atoms with Crippen LogP contribution in [0.25, 0.3) is 0 Å². The third kappa shape index (κ3) is 3.65. The summed E-state index contributed by atoms with van der Waals surface area (Å²) >= 11 is 0. The molecule has 0 aliphatic carbocycles. The fourth-order valence-electron chi connectivity index (χ4n) is 2.41. The topological polar surface area (TPSA) is 76.7 Å². The first-order valence-corrected chi connectivity index (χ1v) is 7.62. The lowest BCUT2D eigenvalue weighted by Gasteiger charge is -2.25. The SMILES string of the molecule is COc1ccc(CNC(=O)C[C@@H]2Oc3ccccc3NC2=O)cc1. The van der Waals surface area contributed by atoms with Crippen molar-refractivity contribution in [1.82, 2.24) is 5.32 Å². The van der Waals surface area contributed by atoms with Gasteiger partial charge in [0.05, 0.1) is 19.2 Å². The summed E-state index contributed by atoms with van der Waals surface area (Å²) in [6.07, 6.45) is -0.855. The molecule has 1 aliphatic heterocycles. The second-order valence-corrected chi connectivity index (χ2v) is 5.42. The molecular formula is C18H18N2O4. The number of para-hydroxylation sites is 2. The highest BCUT2D eigenvalue weighted by atomic mass is 16.5. The molecule has 2 aromatic carbocycles. The number of hydrogen-bond acceptors (Lipinski definition) is 4. The van der Waals surface area contributed by atoms with Crippen LogP contribution in [0.15, 0.2) is 48.5 Å². The van der Waals surface area contributed by atoms with E-state index in [1.165, 1.54) is 0 Å². The maximum Gasteiger partial charge on any atom is 0.266 e. The standard InChI is InChI=1S/C18H18N2O4/c1-23-13-8-6-12(7-9-13)11-19-17(21)10-16-18(22)20-14-4-2-3-5-15(14)24-16/h2-9,16H,10-11H2,1H3,(H,19,21)(H,20,22)/t16-/m0/s1. The molecule has 0 spiro atoms. The van der Waals surface area contributed by atoms with Crippen LogP contribution in [0.1, 0.15) is 12.0 Å². The van der Waals surface area contributed by atoms with Crippen LogP contribution in [0.5, 0.6) is 11.5 Å². The summed E-state index contributed by atoms with van der Waals surface area (Å²) in [7, 11) is 1.60. The van der Waals surface area contributed by atoms with Gasteiger partial charge in [0.15, 0.2) is 6.10 Å². The minimum atomic E-state index is -0.823. The first-order valence-electron chi connectivity index (χ1n) is 7.62. The summed E-state index contributed by atoms with van der Waals surface area (Å²) in [4.78, 5) is 24.1. The third-order valence-electron chi connectivity index (χ3n) is 3.73. The van der Waals surface area contributed by atoms with Crippen molar-refractivity contribution in [3.05, 3.63) is 54.1 Å². The van der Waals surface area contributed by atoms with Crippen molar-refractivity contribution in [2.24, 2.45) is 0 Å². The Hall–Kier alpha value is -3.02. The number of carbonyl (C=O) groups excluding carboxylic acids is 2. The molecule has 6 nitrogen and oxygen atoms in total. The average Bonchev–Trinajstić information content (AvgIpc) is 2.61. The monoisotopic (exact) mass is 326 g/mol. The van der Waals surface area contributed by atoms with Gasteiger partial charge in [0.25, 0.3) is 5.91 Å². The highest BCUT2D eigenvalue weighted by Gasteiger charge is 2.29. The Labute approximate surface area is 139 Å². The molecule has 2 N–H and O–H groups in total.